The lowest BCUT2D eigenvalue weighted by Gasteiger charge is -2.10. The van der Waals surface area contributed by atoms with Crippen molar-refractivity contribution in [3.05, 3.63) is 46.3 Å². The Morgan fingerprint density at radius 3 is 2.55 bits per heavy atom. The first kappa shape index (κ1) is 14.4. The fourth-order valence-electron chi connectivity index (χ4n) is 1.96. The third-order valence-electron chi connectivity index (χ3n) is 2.88. The van der Waals surface area contributed by atoms with Gasteiger partial charge in [0.15, 0.2) is 0 Å². The molecule has 0 aliphatic heterocycles. The van der Waals surface area contributed by atoms with E-state index >= 15 is 0 Å². The van der Waals surface area contributed by atoms with E-state index in [4.69, 9.17) is 4.42 Å². The van der Waals surface area contributed by atoms with Gasteiger partial charge in [0, 0.05) is 23.2 Å². The van der Waals surface area contributed by atoms with E-state index in [2.05, 4.69) is 33.0 Å². The molecule has 0 bridgehead atoms. The number of anilines is 1. The summed E-state index contributed by atoms with van der Waals surface area (Å²) in [5, 5.41) is 4.23. The monoisotopic (exact) mass is 271 g/mol. The van der Waals surface area contributed by atoms with Gasteiger partial charge < -0.3 is 9.73 Å². The summed E-state index contributed by atoms with van der Waals surface area (Å²) in [6.45, 7) is 8.28. The first-order valence-corrected chi connectivity index (χ1v) is 6.98. The third-order valence-corrected chi connectivity index (χ3v) is 2.88. The molecular formula is C17H21NO2. The van der Waals surface area contributed by atoms with Crippen LogP contribution in [0, 0.1) is 5.92 Å². The van der Waals surface area contributed by atoms with Gasteiger partial charge in [0.25, 0.3) is 0 Å². The molecule has 1 aromatic carbocycles. The summed E-state index contributed by atoms with van der Waals surface area (Å²) in [7, 11) is 0. The van der Waals surface area contributed by atoms with E-state index in [1.807, 2.05) is 36.4 Å². The van der Waals surface area contributed by atoms with E-state index < -0.39 is 0 Å². The average molecular weight is 271 g/mol. The molecule has 1 N–H and O–H groups in total. The van der Waals surface area contributed by atoms with Crippen molar-refractivity contribution in [1.29, 1.82) is 0 Å². The van der Waals surface area contributed by atoms with E-state index in [-0.39, 0.29) is 5.63 Å². The highest BCUT2D eigenvalue weighted by molar-refractivity contribution is 5.82. The van der Waals surface area contributed by atoms with Crippen molar-refractivity contribution in [1.82, 2.24) is 0 Å². The summed E-state index contributed by atoms with van der Waals surface area (Å²) < 4.78 is 5.40. The molecule has 106 valence electrons. The number of hydrogen-bond acceptors (Lipinski definition) is 3. The Bertz CT molecular complexity index is 681. The van der Waals surface area contributed by atoms with E-state index in [0.717, 1.165) is 11.1 Å². The topological polar surface area (TPSA) is 42.2 Å². The molecule has 0 unspecified atom stereocenters. The summed E-state index contributed by atoms with van der Waals surface area (Å²) in [6, 6.07) is 8.05. The number of fused-ring (bicyclic) bond motifs is 1. The Labute approximate surface area is 119 Å². The molecule has 0 amide bonds. The van der Waals surface area contributed by atoms with Crippen LogP contribution in [0.5, 0.6) is 0 Å². The Morgan fingerprint density at radius 1 is 1.15 bits per heavy atom. The van der Waals surface area contributed by atoms with Gasteiger partial charge in [-0.05, 0) is 38.0 Å². The maximum atomic E-state index is 11.9. The predicted octanol–water partition coefficient (Wildman–Crippen LogP) is 4.28. The molecule has 0 aliphatic carbocycles. The largest absolute Gasteiger partial charge is 0.422 e. The highest BCUT2D eigenvalue weighted by Crippen LogP contribution is 2.20. The van der Waals surface area contributed by atoms with Crippen molar-refractivity contribution < 1.29 is 4.42 Å². The maximum Gasteiger partial charge on any atom is 0.343 e. The maximum absolute atomic E-state index is 11.9. The van der Waals surface area contributed by atoms with E-state index in [0.29, 0.717) is 23.1 Å². The van der Waals surface area contributed by atoms with Gasteiger partial charge in [-0.15, -0.1) is 0 Å². The van der Waals surface area contributed by atoms with Gasteiger partial charge >= 0.3 is 5.63 Å². The Hall–Kier alpha value is -2.03. The van der Waals surface area contributed by atoms with Crippen molar-refractivity contribution >= 4 is 22.7 Å². The Balaban J connectivity index is 2.43. The zero-order chi connectivity index (χ0) is 14.7. The number of benzene rings is 1. The van der Waals surface area contributed by atoms with Crippen LogP contribution in [0.1, 0.15) is 33.3 Å². The zero-order valence-electron chi connectivity index (χ0n) is 12.4. The molecule has 2 aromatic rings. The SMILES string of the molecule is CC(C)/C=C/c1cc2ccc(NC(C)C)cc2oc1=O. The summed E-state index contributed by atoms with van der Waals surface area (Å²) in [5.74, 6) is 0.405. The second-order valence-electron chi connectivity index (χ2n) is 5.64. The molecule has 2 rings (SSSR count). The smallest absolute Gasteiger partial charge is 0.343 e. The van der Waals surface area contributed by atoms with Crippen molar-refractivity contribution in [3.8, 4) is 0 Å². The zero-order valence-corrected chi connectivity index (χ0v) is 12.4. The molecule has 0 fully saturated rings. The van der Waals surface area contributed by atoms with Crippen molar-refractivity contribution in [2.75, 3.05) is 5.32 Å². The number of nitrogens with one attached hydrogen (secondary N) is 1. The normalized spacial score (nSPS) is 11.9. The first-order valence-electron chi connectivity index (χ1n) is 6.98. The molecule has 0 atom stereocenters. The summed E-state index contributed by atoms with van der Waals surface area (Å²) in [4.78, 5) is 11.9. The highest BCUT2D eigenvalue weighted by atomic mass is 16.4. The fourth-order valence-corrected chi connectivity index (χ4v) is 1.96. The summed E-state index contributed by atoms with van der Waals surface area (Å²) in [6.07, 6.45) is 3.82. The van der Waals surface area contributed by atoms with Gasteiger partial charge in [-0.3, -0.25) is 0 Å². The van der Waals surface area contributed by atoms with Crippen LogP contribution >= 0.6 is 0 Å². The number of rotatable bonds is 4. The molecule has 1 aromatic heterocycles. The van der Waals surface area contributed by atoms with Crippen molar-refractivity contribution in [2.24, 2.45) is 5.92 Å². The van der Waals surface area contributed by atoms with Crippen LogP contribution < -0.4 is 10.9 Å². The minimum absolute atomic E-state index is 0.295. The van der Waals surface area contributed by atoms with E-state index in [1.54, 1.807) is 0 Å². The molecule has 1 heterocycles. The summed E-state index contributed by atoms with van der Waals surface area (Å²) >= 11 is 0. The van der Waals surface area contributed by atoms with Gasteiger partial charge in [0.05, 0.1) is 5.56 Å². The average Bonchev–Trinajstić information content (AvgIpc) is 2.35. The standard InChI is InChI=1S/C17H21NO2/c1-11(2)5-6-14-9-13-7-8-15(18-12(3)4)10-16(13)20-17(14)19/h5-12,18H,1-4H3/b6-5+. The third kappa shape index (κ3) is 3.50. The van der Waals surface area contributed by atoms with Crippen LogP contribution in [0.25, 0.3) is 17.0 Å². The van der Waals surface area contributed by atoms with Crippen molar-refractivity contribution in [3.63, 3.8) is 0 Å². The lowest BCUT2D eigenvalue weighted by Crippen LogP contribution is -2.09. The molecule has 3 heteroatoms. The second kappa shape index (κ2) is 5.95. The molecule has 0 aliphatic rings. The van der Waals surface area contributed by atoms with E-state index in [1.165, 1.54) is 0 Å². The lowest BCUT2D eigenvalue weighted by molar-refractivity contribution is 0.559. The van der Waals surface area contributed by atoms with Crippen LogP contribution in [0.4, 0.5) is 5.69 Å². The summed E-state index contributed by atoms with van der Waals surface area (Å²) in [5.41, 5.74) is 1.87. The second-order valence-corrected chi connectivity index (χ2v) is 5.64. The minimum atomic E-state index is -0.295. The number of allylic oxidation sites excluding steroid dienone is 1. The molecule has 0 spiro atoms. The lowest BCUT2D eigenvalue weighted by atomic mass is 10.1. The molecule has 20 heavy (non-hydrogen) atoms. The molecule has 0 saturated heterocycles. The Morgan fingerprint density at radius 2 is 1.90 bits per heavy atom. The van der Waals surface area contributed by atoms with Crippen LogP contribution in [0.15, 0.2) is 39.6 Å². The quantitative estimate of drug-likeness (QED) is 0.844. The van der Waals surface area contributed by atoms with Crippen LogP contribution in [0.3, 0.4) is 0 Å². The van der Waals surface area contributed by atoms with Gasteiger partial charge in [-0.25, -0.2) is 4.79 Å². The van der Waals surface area contributed by atoms with Crippen LogP contribution in [-0.4, -0.2) is 6.04 Å². The van der Waals surface area contributed by atoms with Crippen molar-refractivity contribution in [2.45, 2.75) is 33.7 Å². The van der Waals surface area contributed by atoms with E-state index in [9.17, 15) is 4.79 Å². The molecule has 3 nitrogen and oxygen atoms in total. The van der Waals surface area contributed by atoms with Gasteiger partial charge in [-0.1, -0.05) is 26.0 Å². The van der Waals surface area contributed by atoms with Crippen LogP contribution in [-0.2, 0) is 0 Å². The van der Waals surface area contributed by atoms with Gasteiger partial charge in [-0.2, -0.15) is 0 Å². The fraction of sp³-hybridized carbons (Fsp3) is 0.353. The predicted molar refractivity (Wildman–Crippen MR) is 85.1 cm³/mol. The van der Waals surface area contributed by atoms with Gasteiger partial charge in [0.1, 0.15) is 5.58 Å². The Kier molecular flexibility index (Phi) is 4.28. The van der Waals surface area contributed by atoms with Crippen LogP contribution in [0.2, 0.25) is 0 Å². The molecular weight excluding hydrogens is 250 g/mol. The first-order chi connectivity index (χ1) is 9.45. The number of hydrogen-bond donors (Lipinski definition) is 1. The highest BCUT2D eigenvalue weighted by Gasteiger charge is 2.04. The minimum Gasteiger partial charge on any atom is -0.422 e. The van der Waals surface area contributed by atoms with Gasteiger partial charge in [0.2, 0.25) is 0 Å². The molecule has 0 radical (unpaired) electrons. The molecule has 0 saturated carbocycles.